The summed E-state index contributed by atoms with van der Waals surface area (Å²) in [5, 5.41) is 3.28. The summed E-state index contributed by atoms with van der Waals surface area (Å²) in [5.74, 6) is -0.158. The molecule has 2 heterocycles. The third kappa shape index (κ3) is 4.37. The van der Waals surface area contributed by atoms with Gasteiger partial charge in [-0.05, 0) is 61.1 Å². The molecule has 1 N–H and O–H groups in total. The Kier molecular flexibility index (Phi) is 5.80. The van der Waals surface area contributed by atoms with Gasteiger partial charge < -0.3 is 14.8 Å². The fourth-order valence-corrected chi connectivity index (χ4v) is 3.94. The minimum atomic E-state index is -0.354. The molecule has 1 aliphatic heterocycles. The summed E-state index contributed by atoms with van der Waals surface area (Å²) in [4.78, 5) is 16.8. The second kappa shape index (κ2) is 8.63. The van der Waals surface area contributed by atoms with E-state index in [0.29, 0.717) is 6.61 Å². The molecule has 0 spiro atoms. The summed E-state index contributed by atoms with van der Waals surface area (Å²) >= 11 is 0. The van der Waals surface area contributed by atoms with E-state index in [-0.39, 0.29) is 24.2 Å². The Morgan fingerprint density at radius 3 is 2.78 bits per heavy atom. The zero-order chi connectivity index (χ0) is 18.5. The van der Waals surface area contributed by atoms with Crippen LogP contribution in [0.25, 0.3) is 0 Å². The van der Waals surface area contributed by atoms with Gasteiger partial charge in [-0.25, -0.2) is 0 Å². The van der Waals surface area contributed by atoms with Crippen LogP contribution in [0.1, 0.15) is 48.5 Å². The summed E-state index contributed by atoms with van der Waals surface area (Å²) < 4.78 is 12.2. The highest BCUT2D eigenvalue weighted by Crippen LogP contribution is 2.35. The third-order valence-electron chi connectivity index (χ3n) is 5.45. The van der Waals surface area contributed by atoms with Gasteiger partial charge in [-0.3, -0.25) is 9.78 Å². The van der Waals surface area contributed by atoms with Gasteiger partial charge in [-0.1, -0.05) is 30.7 Å². The second-order valence-corrected chi connectivity index (χ2v) is 7.30. The standard InChI is InChI=1S/C22H26N2O3/c25-22(19-7-3-4-12-24-19)27-21-18-6-2-1-5-17(18)8-9-20(21)26-15-16-10-13-23-14-11-16/h1-2,5-6,10-11,13-14,19-21,24H,3-4,7-9,12,15H2/t19-,20?,21?/m0/s1. The number of aromatic nitrogens is 1. The van der Waals surface area contributed by atoms with Crippen LogP contribution in [-0.2, 0) is 27.3 Å². The van der Waals surface area contributed by atoms with Crippen LogP contribution in [0.3, 0.4) is 0 Å². The number of pyridine rings is 1. The molecule has 0 radical (unpaired) electrons. The molecule has 1 fully saturated rings. The maximum absolute atomic E-state index is 12.7. The van der Waals surface area contributed by atoms with Gasteiger partial charge in [0, 0.05) is 12.4 Å². The third-order valence-corrected chi connectivity index (χ3v) is 5.45. The van der Waals surface area contributed by atoms with Gasteiger partial charge >= 0.3 is 5.97 Å². The lowest BCUT2D eigenvalue weighted by molar-refractivity contribution is -0.164. The van der Waals surface area contributed by atoms with E-state index in [9.17, 15) is 4.79 Å². The molecular weight excluding hydrogens is 340 g/mol. The van der Waals surface area contributed by atoms with Gasteiger partial charge in [-0.15, -0.1) is 0 Å². The molecular formula is C22H26N2O3. The molecule has 2 aliphatic rings. The van der Waals surface area contributed by atoms with Crippen LogP contribution in [0.15, 0.2) is 48.8 Å². The smallest absolute Gasteiger partial charge is 0.323 e. The molecule has 3 atom stereocenters. The molecule has 1 aromatic heterocycles. The zero-order valence-electron chi connectivity index (χ0n) is 15.5. The summed E-state index contributed by atoms with van der Waals surface area (Å²) in [5.41, 5.74) is 3.39. The normalized spacial score (nSPS) is 24.8. The number of nitrogens with one attached hydrogen (secondary N) is 1. The van der Waals surface area contributed by atoms with Crippen molar-refractivity contribution in [3.63, 3.8) is 0 Å². The van der Waals surface area contributed by atoms with E-state index in [1.54, 1.807) is 12.4 Å². The molecule has 142 valence electrons. The number of hydrogen-bond acceptors (Lipinski definition) is 5. The first-order valence-corrected chi connectivity index (χ1v) is 9.83. The lowest BCUT2D eigenvalue weighted by atomic mass is 9.87. The quantitative estimate of drug-likeness (QED) is 0.823. The molecule has 0 amide bonds. The number of piperidine rings is 1. The fourth-order valence-electron chi connectivity index (χ4n) is 3.94. The monoisotopic (exact) mass is 366 g/mol. The van der Waals surface area contributed by atoms with Crippen LogP contribution in [0, 0.1) is 0 Å². The fraction of sp³-hybridized carbons (Fsp3) is 0.455. The molecule has 27 heavy (non-hydrogen) atoms. The Hall–Kier alpha value is -2.24. The van der Waals surface area contributed by atoms with Crippen LogP contribution in [0.5, 0.6) is 0 Å². The van der Waals surface area contributed by atoms with Crippen LogP contribution >= 0.6 is 0 Å². The first-order valence-electron chi connectivity index (χ1n) is 9.83. The summed E-state index contributed by atoms with van der Waals surface area (Å²) in [6.45, 7) is 1.37. The van der Waals surface area contributed by atoms with Gasteiger partial charge in [-0.2, -0.15) is 0 Å². The number of esters is 1. The zero-order valence-corrected chi connectivity index (χ0v) is 15.5. The van der Waals surface area contributed by atoms with Gasteiger partial charge in [0.1, 0.15) is 6.04 Å². The van der Waals surface area contributed by atoms with E-state index in [0.717, 1.165) is 49.8 Å². The van der Waals surface area contributed by atoms with Gasteiger partial charge in [0.05, 0.1) is 12.7 Å². The first-order chi connectivity index (χ1) is 13.3. The highest BCUT2D eigenvalue weighted by Gasteiger charge is 2.35. The van der Waals surface area contributed by atoms with Gasteiger partial charge in [0.15, 0.2) is 6.10 Å². The van der Waals surface area contributed by atoms with Crippen molar-refractivity contribution in [3.8, 4) is 0 Å². The second-order valence-electron chi connectivity index (χ2n) is 7.30. The Morgan fingerprint density at radius 1 is 1.11 bits per heavy atom. The van der Waals surface area contributed by atoms with Crippen LogP contribution in [0.4, 0.5) is 0 Å². The van der Waals surface area contributed by atoms with Gasteiger partial charge in [0.25, 0.3) is 0 Å². The average molecular weight is 366 g/mol. The van der Waals surface area contributed by atoms with Crippen LogP contribution < -0.4 is 5.32 Å². The number of aryl methyl sites for hydroxylation is 1. The van der Waals surface area contributed by atoms with Gasteiger partial charge in [0.2, 0.25) is 0 Å². The van der Waals surface area contributed by atoms with E-state index < -0.39 is 0 Å². The van der Waals surface area contributed by atoms with E-state index in [1.165, 1.54) is 5.56 Å². The molecule has 1 aliphatic carbocycles. The van der Waals surface area contributed by atoms with Crippen LogP contribution in [0.2, 0.25) is 0 Å². The van der Waals surface area contributed by atoms with E-state index in [1.807, 2.05) is 24.3 Å². The highest BCUT2D eigenvalue weighted by atomic mass is 16.6. The Morgan fingerprint density at radius 2 is 1.96 bits per heavy atom. The van der Waals surface area contributed by atoms with E-state index in [2.05, 4.69) is 22.4 Å². The molecule has 5 nitrogen and oxygen atoms in total. The number of ether oxygens (including phenoxy) is 2. The number of rotatable bonds is 5. The maximum atomic E-state index is 12.7. The first kappa shape index (κ1) is 18.1. The Labute approximate surface area is 160 Å². The van der Waals surface area contributed by atoms with E-state index >= 15 is 0 Å². The van der Waals surface area contributed by atoms with E-state index in [4.69, 9.17) is 9.47 Å². The molecule has 0 bridgehead atoms. The maximum Gasteiger partial charge on any atom is 0.323 e. The molecule has 5 heteroatoms. The number of carbonyl (C=O) groups is 1. The molecule has 2 unspecified atom stereocenters. The van der Waals surface area contributed by atoms with Crippen molar-refractivity contribution in [1.29, 1.82) is 0 Å². The van der Waals surface area contributed by atoms with Crippen molar-refractivity contribution in [2.45, 2.75) is 57.0 Å². The molecule has 0 saturated carbocycles. The predicted octanol–water partition coefficient (Wildman–Crippen LogP) is 3.34. The number of carbonyl (C=O) groups excluding carboxylic acids is 1. The average Bonchev–Trinajstić information content (AvgIpc) is 2.74. The van der Waals surface area contributed by atoms with Crippen molar-refractivity contribution in [1.82, 2.24) is 10.3 Å². The predicted molar refractivity (Wildman–Crippen MR) is 102 cm³/mol. The topological polar surface area (TPSA) is 60.5 Å². The van der Waals surface area contributed by atoms with Crippen molar-refractivity contribution >= 4 is 5.97 Å². The molecule has 2 aromatic rings. The number of nitrogens with zero attached hydrogens (tertiary/aromatic N) is 1. The largest absolute Gasteiger partial charge is 0.454 e. The summed E-state index contributed by atoms with van der Waals surface area (Å²) in [7, 11) is 0. The van der Waals surface area contributed by atoms with Crippen molar-refractivity contribution in [2.24, 2.45) is 0 Å². The summed E-state index contributed by atoms with van der Waals surface area (Å²) in [6.07, 6.45) is 7.85. The number of hydrogen-bond donors (Lipinski definition) is 1. The minimum absolute atomic E-state index is 0.138. The molecule has 1 aromatic carbocycles. The number of benzene rings is 1. The molecule has 1 saturated heterocycles. The van der Waals surface area contributed by atoms with Crippen molar-refractivity contribution in [3.05, 3.63) is 65.5 Å². The Balaban J connectivity index is 1.50. The minimum Gasteiger partial charge on any atom is -0.454 e. The lowest BCUT2D eigenvalue weighted by Crippen LogP contribution is -2.43. The lowest BCUT2D eigenvalue weighted by Gasteiger charge is -2.34. The van der Waals surface area contributed by atoms with Crippen LogP contribution in [-0.4, -0.2) is 29.6 Å². The Bertz CT molecular complexity index is 759. The summed E-state index contributed by atoms with van der Waals surface area (Å²) in [6, 6.07) is 11.9. The highest BCUT2D eigenvalue weighted by molar-refractivity contribution is 5.76. The van der Waals surface area contributed by atoms with Crippen molar-refractivity contribution < 1.29 is 14.3 Å². The molecule has 4 rings (SSSR count). The SMILES string of the molecule is O=C(OC1c2ccccc2CCC1OCc1ccncc1)[C@@H]1CCCCN1. The van der Waals surface area contributed by atoms with Crippen molar-refractivity contribution in [2.75, 3.05) is 6.54 Å². The number of fused-ring (bicyclic) bond motifs is 1.